The quantitative estimate of drug-likeness (QED) is 0.659. The minimum Gasteiger partial charge on any atom is -0.480 e. The van der Waals surface area contributed by atoms with E-state index in [9.17, 15) is 14.4 Å². The van der Waals surface area contributed by atoms with E-state index in [-0.39, 0.29) is 13.1 Å². The van der Waals surface area contributed by atoms with Crippen molar-refractivity contribution in [3.63, 3.8) is 0 Å². The molecule has 0 fully saturated rings. The third kappa shape index (κ3) is 4.65. The van der Waals surface area contributed by atoms with Crippen LogP contribution in [0.25, 0.3) is 0 Å². The average molecular weight is 250 g/mol. The van der Waals surface area contributed by atoms with Gasteiger partial charge in [-0.25, -0.2) is 0 Å². The molecule has 0 atom stereocenters. The molecular formula is C12H14N2O4. The molecular weight excluding hydrogens is 236 g/mol. The van der Waals surface area contributed by atoms with Crippen molar-refractivity contribution in [2.45, 2.75) is 6.54 Å². The van der Waals surface area contributed by atoms with E-state index in [0.717, 1.165) is 5.56 Å². The molecule has 0 unspecified atom stereocenters. The molecule has 18 heavy (non-hydrogen) atoms. The van der Waals surface area contributed by atoms with Gasteiger partial charge < -0.3 is 15.3 Å². The number of carboxylic acid groups (broad SMARTS) is 1. The number of carbonyl (C=O) groups excluding carboxylic acids is 2. The predicted molar refractivity (Wildman–Crippen MR) is 63.6 cm³/mol. The molecule has 2 amide bonds. The Morgan fingerprint density at radius 3 is 2.50 bits per heavy atom. The molecule has 0 spiro atoms. The van der Waals surface area contributed by atoms with Crippen LogP contribution >= 0.6 is 0 Å². The fraction of sp³-hybridized carbons (Fsp3) is 0.250. The van der Waals surface area contributed by atoms with E-state index in [2.05, 4.69) is 5.32 Å². The number of nitrogens with one attached hydrogen (secondary N) is 1. The Balaban J connectivity index is 2.68. The molecule has 0 aliphatic carbocycles. The monoisotopic (exact) mass is 250 g/mol. The third-order valence-corrected chi connectivity index (χ3v) is 2.23. The van der Waals surface area contributed by atoms with Crippen LogP contribution in [-0.2, 0) is 20.9 Å². The summed E-state index contributed by atoms with van der Waals surface area (Å²) in [7, 11) is 0. The fourth-order valence-corrected chi connectivity index (χ4v) is 1.44. The molecule has 0 saturated carbocycles. The summed E-state index contributed by atoms with van der Waals surface area (Å²) in [4.78, 5) is 33.7. The maximum Gasteiger partial charge on any atom is 0.323 e. The van der Waals surface area contributed by atoms with E-state index in [4.69, 9.17) is 5.11 Å². The van der Waals surface area contributed by atoms with E-state index >= 15 is 0 Å². The maximum absolute atomic E-state index is 11.7. The van der Waals surface area contributed by atoms with Gasteiger partial charge in [-0.1, -0.05) is 30.3 Å². The lowest BCUT2D eigenvalue weighted by Gasteiger charge is -2.20. The van der Waals surface area contributed by atoms with Crippen molar-refractivity contribution >= 4 is 18.3 Å². The summed E-state index contributed by atoms with van der Waals surface area (Å²) in [6, 6.07) is 9.05. The van der Waals surface area contributed by atoms with Crippen molar-refractivity contribution in [2.75, 3.05) is 13.1 Å². The summed E-state index contributed by atoms with van der Waals surface area (Å²) in [6.07, 6.45) is 0.402. The van der Waals surface area contributed by atoms with E-state index in [1.807, 2.05) is 18.2 Å². The molecule has 2 N–H and O–H groups in total. The van der Waals surface area contributed by atoms with E-state index in [1.165, 1.54) is 4.90 Å². The molecule has 6 nitrogen and oxygen atoms in total. The van der Waals surface area contributed by atoms with Crippen LogP contribution in [0, 0.1) is 0 Å². The molecule has 0 radical (unpaired) electrons. The lowest BCUT2D eigenvalue weighted by atomic mass is 10.2. The molecule has 0 heterocycles. The zero-order chi connectivity index (χ0) is 13.4. The molecule has 1 rings (SSSR count). The van der Waals surface area contributed by atoms with Gasteiger partial charge in [-0.2, -0.15) is 0 Å². The zero-order valence-corrected chi connectivity index (χ0v) is 9.70. The summed E-state index contributed by atoms with van der Waals surface area (Å²) in [5, 5.41) is 11.0. The van der Waals surface area contributed by atoms with Crippen LogP contribution in [0.4, 0.5) is 0 Å². The first-order valence-corrected chi connectivity index (χ1v) is 5.34. The minimum absolute atomic E-state index is 0.201. The average Bonchev–Trinajstić information content (AvgIpc) is 2.36. The first-order chi connectivity index (χ1) is 8.63. The lowest BCUT2D eigenvalue weighted by Crippen LogP contribution is -2.40. The van der Waals surface area contributed by atoms with Gasteiger partial charge in [-0.05, 0) is 5.56 Å². The Hall–Kier alpha value is -2.37. The van der Waals surface area contributed by atoms with E-state index in [0.29, 0.717) is 6.41 Å². The maximum atomic E-state index is 11.7. The minimum atomic E-state index is -1.09. The van der Waals surface area contributed by atoms with Gasteiger partial charge in [0.15, 0.2) is 0 Å². The summed E-state index contributed by atoms with van der Waals surface area (Å²) in [5.74, 6) is -1.53. The van der Waals surface area contributed by atoms with Gasteiger partial charge in [-0.15, -0.1) is 0 Å². The molecule has 96 valence electrons. The summed E-state index contributed by atoms with van der Waals surface area (Å²) < 4.78 is 0. The first kappa shape index (κ1) is 13.7. The highest BCUT2D eigenvalue weighted by molar-refractivity contribution is 5.83. The van der Waals surface area contributed by atoms with E-state index < -0.39 is 18.4 Å². The van der Waals surface area contributed by atoms with Gasteiger partial charge in [0.25, 0.3) is 0 Å². The lowest BCUT2D eigenvalue weighted by molar-refractivity contribution is -0.144. The van der Waals surface area contributed by atoms with Crippen molar-refractivity contribution in [3.05, 3.63) is 35.9 Å². The highest BCUT2D eigenvalue weighted by Gasteiger charge is 2.16. The zero-order valence-electron chi connectivity index (χ0n) is 9.70. The normalized spacial score (nSPS) is 9.56. The van der Waals surface area contributed by atoms with Crippen LogP contribution in [0.5, 0.6) is 0 Å². The van der Waals surface area contributed by atoms with Crippen molar-refractivity contribution in [1.29, 1.82) is 0 Å². The second-order valence-corrected chi connectivity index (χ2v) is 3.63. The molecule has 0 aromatic heterocycles. The number of aliphatic carboxylic acids is 1. The van der Waals surface area contributed by atoms with Gasteiger partial charge >= 0.3 is 5.97 Å². The second-order valence-electron chi connectivity index (χ2n) is 3.63. The summed E-state index contributed by atoms with van der Waals surface area (Å²) in [6.45, 7) is -0.398. The molecule has 0 aliphatic rings. The number of nitrogens with zero attached hydrogens (tertiary/aromatic N) is 1. The Labute approximate surface area is 104 Å². The predicted octanol–water partition coefficient (Wildman–Crippen LogP) is -0.154. The van der Waals surface area contributed by atoms with Gasteiger partial charge in [-0.3, -0.25) is 14.4 Å². The number of carbonyl (C=O) groups is 3. The standard InChI is InChI=1S/C12H14N2O4/c15-9-13-6-11(16)14(8-12(17)18)7-10-4-2-1-3-5-10/h1-5,9H,6-8H2,(H,13,15)(H,17,18). The molecule has 0 saturated heterocycles. The van der Waals surface area contributed by atoms with Crippen molar-refractivity contribution < 1.29 is 19.5 Å². The second kappa shape index (κ2) is 7.05. The van der Waals surface area contributed by atoms with Crippen LogP contribution in [0.2, 0.25) is 0 Å². The highest BCUT2D eigenvalue weighted by Crippen LogP contribution is 2.04. The Kier molecular flexibility index (Phi) is 5.37. The molecule has 0 aliphatic heterocycles. The van der Waals surface area contributed by atoms with Crippen LogP contribution in [0.15, 0.2) is 30.3 Å². The van der Waals surface area contributed by atoms with Crippen LogP contribution < -0.4 is 5.32 Å². The third-order valence-electron chi connectivity index (χ3n) is 2.23. The van der Waals surface area contributed by atoms with E-state index in [1.54, 1.807) is 12.1 Å². The summed E-state index contributed by atoms with van der Waals surface area (Å²) >= 11 is 0. The first-order valence-electron chi connectivity index (χ1n) is 5.34. The molecule has 6 heteroatoms. The van der Waals surface area contributed by atoms with Crippen molar-refractivity contribution in [2.24, 2.45) is 0 Å². The molecule has 0 bridgehead atoms. The Morgan fingerprint density at radius 2 is 1.94 bits per heavy atom. The van der Waals surface area contributed by atoms with Crippen LogP contribution in [-0.4, -0.2) is 41.4 Å². The van der Waals surface area contributed by atoms with Gasteiger partial charge in [0.2, 0.25) is 12.3 Å². The number of hydrogen-bond donors (Lipinski definition) is 2. The Bertz CT molecular complexity index is 419. The van der Waals surface area contributed by atoms with Gasteiger partial charge in [0, 0.05) is 6.54 Å². The number of carboxylic acids is 1. The highest BCUT2D eigenvalue weighted by atomic mass is 16.4. The number of hydrogen-bond acceptors (Lipinski definition) is 3. The van der Waals surface area contributed by atoms with Gasteiger partial charge in [0.1, 0.15) is 6.54 Å². The Morgan fingerprint density at radius 1 is 1.28 bits per heavy atom. The molecule has 1 aromatic carbocycles. The summed E-state index contributed by atoms with van der Waals surface area (Å²) in [5.41, 5.74) is 0.832. The van der Waals surface area contributed by atoms with Crippen molar-refractivity contribution in [1.82, 2.24) is 10.2 Å². The smallest absolute Gasteiger partial charge is 0.323 e. The number of rotatable bonds is 7. The largest absolute Gasteiger partial charge is 0.480 e. The number of benzene rings is 1. The van der Waals surface area contributed by atoms with Crippen LogP contribution in [0.1, 0.15) is 5.56 Å². The number of amides is 2. The molecule has 1 aromatic rings. The van der Waals surface area contributed by atoms with Crippen LogP contribution in [0.3, 0.4) is 0 Å². The topological polar surface area (TPSA) is 86.7 Å². The fourth-order valence-electron chi connectivity index (χ4n) is 1.44. The van der Waals surface area contributed by atoms with Crippen molar-refractivity contribution in [3.8, 4) is 0 Å². The van der Waals surface area contributed by atoms with Gasteiger partial charge in [0.05, 0.1) is 6.54 Å². The SMILES string of the molecule is O=CNCC(=O)N(CC(=O)O)Cc1ccccc1.